The number of alkyl halides is 2. The molecule has 1 aliphatic heterocycles. The molecule has 1 aliphatic rings. The van der Waals surface area contributed by atoms with Crippen molar-refractivity contribution in [1.29, 1.82) is 0 Å². The molecule has 30 heavy (non-hydrogen) atoms. The molecule has 5 nitrogen and oxygen atoms in total. The van der Waals surface area contributed by atoms with E-state index in [1.807, 2.05) is 30.2 Å². The molecule has 0 radical (unpaired) electrons. The standard InChI is InChI=1S/C21H23ClF2N4O.ClH/c1-13-8-16(22)10-18(29)20(13)17-9-15-4-7-28(21(15)26-25-17)11-14-2-5-27(6-3-14)12-19(23)24;/h4,7-10,14,19,29H,2-3,5-6,11-12H2,1H3;1H. The third-order valence-electron chi connectivity index (χ3n) is 5.60. The number of hydrogen-bond donors (Lipinski definition) is 1. The monoisotopic (exact) mass is 456 g/mol. The van der Waals surface area contributed by atoms with Crippen LogP contribution in [0.2, 0.25) is 5.02 Å². The van der Waals surface area contributed by atoms with Gasteiger partial charge in [0.2, 0.25) is 0 Å². The molecule has 0 amide bonds. The number of hydrogen-bond acceptors (Lipinski definition) is 4. The Morgan fingerprint density at radius 3 is 2.60 bits per heavy atom. The number of rotatable bonds is 5. The predicted octanol–water partition coefficient (Wildman–Crippen LogP) is 5.16. The minimum absolute atomic E-state index is 0. The molecule has 162 valence electrons. The van der Waals surface area contributed by atoms with Crippen LogP contribution in [0.1, 0.15) is 18.4 Å². The lowest BCUT2D eigenvalue weighted by atomic mass is 9.97. The Hall–Kier alpha value is -1.96. The van der Waals surface area contributed by atoms with Crippen LogP contribution in [0.15, 0.2) is 30.5 Å². The highest BCUT2D eigenvalue weighted by Crippen LogP contribution is 2.35. The highest BCUT2D eigenvalue weighted by atomic mass is 35.5. The molecule has 1 fully saturated rings. The Balaban J connectivity index is 0.00000256. The summed E-state index contributed by atoms with van der Waals surface area (Å²) in [5.74, 6) is 0.516. The van der Waals surface area contributed by atoms with E-state index in [2.05, 4.69) is 14.8 Å². The first-order chi connectivity index (χ1) is 13.9. The molecule has 2 aromatic heterocycles. The molecule has 1 aromatic carbocycles. The number of halogens is 4. The number of aromatic hydroxyl groups is 1. The Labute approximate surface area is 185 Å². The third-order valence-corrected chi connectivity index (χ3v) is 5.82. The fourth-order valence-electron chi connectivity index (χ4n) is 4.14. The number of piperidine rings is 1. The molecule has 0 unspecified atom stereocenters. The first kappa shape index (κ1) is 22.7. The van der Waals surface area contributed by atoms with Gasteiger partial charge in [0.25, 0.3) is 6.43 Å². The lowest BCUT2D eigenvalue weighted by Crippen LogP contribution is -2.37. The van der Waals surface area contributed by atoms with Crippen molar-refractivity contribution in [3.8, 4) is 17.0 Å². The topological polar surface area (TPSA) is 54.2 Å². The molecule has 1 N–H and O–H groups in total. The number of fused-ring (bicyclic) bond motifs is 1. The van der Waals surface area contributed by atoms with E-state index in [0.29, 0.717) is 35.3 Å². The molecule has 3 aromatic rings. The van der Waals surface area contributed by atoms with Gasteiger partial charge < -0.3 is 9.67 Å². The van der Waals surface area contributed by atoms with E-state index in [0.717, 1.165) is 36.0 Å². The second-order valence-corrected chi connectivity index (χ2v) is 8.16. The van der Waals surface area contributed by atoms with Crippen LogP contribution in [0.5, 0.6) is 5.75 Å². The van der Waals surface area contributed by atoms with E-state index in [1.54, 1.807) is 6.07 Å². The Morgan fingerprint density at radius 2 is 1.93 bits per heavy atom. The van der Waals surface area contributed by atoms with Gasteiger partial charge in [-0.1, -0.05) is 11.6 Å². The second-order valence-electron chi connectivity index (χ2n) is 7.73. The molecular formula is C21H24Cl2F2N4O. The van der Waals surface area contributed by atoms with Gasteiger partial charge in [-0.3, -0.25) is 4.90 Å². The van der Waals surface area contributed by atoms with Crippen LogP contribution < -0.4 is 0 Å². The zero-order chi connectivity index (χ0) is 20.5. The van der Waals surface area contributed by atoms with Gasteiger partial charge >= 0.3 is 0 Å². The molecule has 0 saturated carbocycles. The van der Waals surface area contributed by atoms with E-state index in [9.17, 15) is 13.9 Å². The van der Waals surface area contributed by atoms with Crippen molar-refractivity contribution in [1.82, 2.24) is 19.7 Å². The van der Waals surface area contributed by atoms with Crippen LogP contribution in [-0.2, 0) is 6.54 Å². The number of aryl methyl sites for hydroxylation is 1. The van der Waals surface area contributed by atoms with Crippen molar-refractivity contribution in [2.24, 2.45) is 5.92 Å². The minimum atomic E-state index is -2.27. The summed E-state index contributed by atoms with van der Waals surface area (Å²) < 4.78 is 27.2. The fourth-order valence-corrected chi connectivity index (χ4v) is 4.41. The van der Waals surface area contributed by atoms with Gasteiger partial charge in [0.1, 0.15) is 5.75 Å². The summed E-state index contributed by atoms with van der Waals surface area (Å²) in [5.41, 5.74) is 2.85. The Morgan fingerprint density at radius 1 is 1.20 bits per heavy atom. The quantitative estimate of drug-likeness (QED) is 0.575. The maximum absolute atomic E-state index is 12.5. The average molecular weight is 457 g/mol. The van der Waals surface area contributed by atoms with Crippen LogP contribution in [0.3, 0.4) is 0 Å². The number of phenolic OH excluding ortho intramolecular Hbond substituents is 1. The number of benzene rings is 1. The largest absolute Gasteiger partial charge is 0.507 e. The van der Waals surface area contributed by atoms with Crippen LogP contribution in [-0.4, -0.2) is 50.8 Å². The summed E-state index contributed by atoms with van der Waals surface area (Å²) in [5, 5.41) is 20.4. The van der Waals surface area contributed by atoms with E-state index < -0.39 is 6.43 Å². The van der Waals surface area contributed by atoms with Crippen LogP contribution in [0.4, 0.5) is 8.78 Å². The summed E-state index contributed by atoms with van der Waals surface area (Å²) in [4.78, 5) is 1.84. The predicted molar refractivity (Wildman–Crippen MR) is 117 cm³/mol. The van der Waals surface area contributed by atoms with Gasteiger partial charge in [0.15, 0.2) is 5.65 Å². The summed E-state index contributed by atoms with van der Waals surface area (Å²) in [6.07, 6.45) is 1.52. The first-order valence-electron chi connectivity index (χ1n) is 9.73. The van der Waals surface area contributed by atoms with Crippen molar-refractivity contribution in [2.75, 3.05) is 19.6 Å². The van der Waals surface area contributed by atoms with Crippen molar-refractivity contribution in [2.45, 2.75) is 32.7 Å². The van der Waals surface area contributed by atoms with E-state index in [1.165, 1.54) is 6.07 Å². The normalized spacial score (nSPS) is 15.6. The molecule has 0 bridgehead atoms. The maximum Gasteiger partial charge on any atom is 0.251 e. The summed E-state index contributed by atoms with van der Waals surface area (Å²) in [6.45, 7) is 3.95. The molecule has 1 saturated heterocycles. The highest BCUT2D eigenvalue weighted by Gasteiger charge is 2.22. The minimum Gasteiger partial charge on any atom is -0.507 e. The number of likely N-dealkylation sites (tertiary alicyclic amines) is 1. The van der Waals surface area contributed by atoms with Crippen molar-refractivity contribution < 1.29 is 13.9 Å². The smallest absolute Gasteiger partial charge is 0.251 e. The lowest BCUT2D eigenvalue weighted by molar-refractivity contribution is 0.0672. The highest BCUT2D eigenvalue weighted by molar-refractivity contribution is 6.31. The van der Waals surface area contributed by atoms with Gasteiger partial charge in [-0.05, 0) is 68.6 Å². The lowest BCUT2D eigenvalue weighted by Gasteiger charge is -2.31. The van der Waals surface area contributed by atoms with Crippen LogP contribution in [0.25, 0.3) is 22.3 Å². The van der Waals surface area contributed by atoms with E-state index >= 15 is 0 Å². The zero-order valence-electron chi connectivity index (χ0n) is 16.6. The number of aromatic nitrogens is 3. The molecule has 3 heterocycles. The second kappa shape index (κ2) is 9.45. The van der Waals surface area contributed by atoms with Crippen molar-refractivity contribution in [3.63, 3.8) is 0 Å². The average Bonchev–Trinajstić information content (AvgIpc) is 3.04. The maximum atomic E-state index is 12.5. The Bertz CT molecular complexity index is 996. The van der Waals surface area contributed by atoms with Gasteiger partial charge in [-0.2, -0.15) is 0 Å². The molecule has 0 spiro atoms. The number of nitrogens with zero attached hydrogens (tertiary/aromatic N) is 4. The van der Waals surface area contributed by atoms with Gasteiger partial charge in [-0.25, -0.2) is 8.78 Å². The van der Waals surface area contributed by atoms with Crippen molar-refractivity contribution in [3.05, 3.63) is 41.0 Å². The molecule has 0 aliphatic carbocycles. The van der Waals surface area contributed by atoms with Gasteiger partial charge in [0, 0.05) is 28.7 Å². The zero-order valence-corrected chi connectivity index (χ0v) is 18.1. The first-order valence-corrected chi connectivity index (χ1v) is 10.1. The van der Waals surface area contributed by atoms with Gasteiger partial charge in [0.05, 0.1) is 12.2 Å². The van der Waals surface area contributed by atoms with Gasteiger partial charge in [-0.15, -0.1) is 22.6 Å². The van der Waals surface area contributed by atoms with Crippen LogP contribution >= 0.6 is 24.0 Å². The molecule has 4 rings (SSSR count). The van der Waals surface area contributed by atoms with E-state index in [4.69, 9.17) is 11.6 Å². The van der Waals surface area contributed by atoms with E-state index in [-0.39, 0.29) is 24.7 Å². The number of phenols is 1. The SMILES string of the molecule is Cc1cc(Cl)cc(O)c1-c1cc2ccn(CC3CCN(CC(F)F)CC3)c2nn1.Cl. The fraction of sp³-hybridized carbons (Fsp3) is 0.429. The van der Waals surface area contributed by atoms with Crippen LogP contribution in [0, 0.1) is 12.8 Å². The summed E-state index contributed by atoms with van der Waals surface area (Å²) >= 11 is 5.99. The molecule has 0 atom stereocenters. The Kier molecular flexibility index (Phi) is 7.16. The summed E-state index contributed by atoms with van der Waals surface area (Å²) in [6, 6.07) is 7.19. The molecule has 9 heteroatoms. The molecular weight excluding hydrogens is 433 g/mol. The van der Waals surface area contributed by atoms with Crippen molar-refractivity contribution >= 4 is 35.0 Å². The third kappa shape index (κ3) is 4.85. The summed E-state index contributed by atoms with van der Waals surface area (Å²) in [7, 11) is 0.